The maximum absolute atomic E-state index is 10.9. The van der Waals surface area contributed by atoms with Gasteiger partial charge in [0.2, 0.25) is 5.89 Å². The van der Waals surface area contributed by atoms with Crippen molar-refractivity contribution < 1.29 is 4.42 Å². The van der Waals surface area contributed by atoms with E-state index in [1.165, 1.54) is 0 Å². The van der Waals surface area contributed by atoms with E-state index >= 15 is 0 Å². The summed E-state index contributed by atoms with van der Waals surface area (Å²) in [5.41, 5.74) is 1.74. The zero-order valence-electron chi connectivity index (χ0n) is 9.35. The average Bonchev–Trinajstić information content (AvgIpc) is 2.64. The van der Waals surface area contributed by atoms with Crippen molar-refractivity contribution in [3.63, 3.8) is 0 Å². The smallest absolute Gasteiger partial charge is 0.394 e. The summed E-state index contributed by atoms with van der Waals surface area (Å²) in [6, 6.07) is 3.79. The van der Waals surface area contributed by atoms with E-state index in [4.69, 9.17) is 4.42 Å². The largest absolute Gasteiger partial charge is 0.414 e. The average molecular weight is 236 g/mol. The fraction of sp³-hybridized carbons (Fsp3) is 0.364. The molecule has 0 unspecified atom stereocenters. The Labute approximate surface area is 97.1 Å². The van der Waals surface area contributed by atoms with Crippen LogP contribution in [0.15, 0.2) is 27.5 Å². The first-order valence-electron chi connectivity index (χ1n) is 4.90. The molecule has 0 amide bonds. The Kier molecular flexibility index (Phi) is 2.63. The minimum atomic E-state index is -0.394. The molecule has 0 aliphatic heterocycles. The van der Waals surface area contributed by atoms with Crippen molar-refractivity contribution in [3.05, 3.63) is 33.8 Å². The Hall–Kier alpha value is -1.49. The van der Waals surface area contributed by atoms with E-state index in [0.717, 1.165) is 22.8 Å². The van der Waals surface area contributed by atoms with Crippen molar-refractivity contribution in [1.29, 1.82) is 0 Å². The molecule has 0 fully saturated rings. The first-order valence-corrected chi connectivity index (χ1v) is 5.68. The molecule has 0 spiro atoms. The Morgan fingerprint density at radius 2 is 2.06 bits per heavy atom. The fourth-order valence-electron chi connectivity index (χ4n) is 1.27. The lowest BCUT2D eigenvalue weighted by atomic mass is 9.91. The van der Waals surface area contributed by atoms with Gasteiger partial charge < -0.3 is 4.42 Å². The Morgan fingerprint density at radius 1 is 1.31 bits per heavy atom. The molecule has 2 heterocycles. The lowest BCUT2D eigenvalue weighted by Gasteiger charge is -2.17. The van der Waals surface area contributed by atoms with E-state index in [-0.39, 0.29) is 5.41 Å². The molecule has 16 heavy (non-hydrogen) atoms. The van der Waals surface area contributed by atoms with Gasteiger partial charge in [0.15, 0.2) is 0 Å². The van der Waals surface area contributed by atoms with E-state index in [1.54, 1.807) is 6.20 Å². The Bertz CT molecular complexity index is 534. The van der Waals surface area contributed by atoms with Crippen LogP contribution in [0.1, 0.15) is 26.5 Å². The molecule has 5 heteroatoms. The summed E-state index contributed by atoms with van der Waals surface area (Å²) in [5, 5.41) is 0. The predicted molar refractivity (Wildman–Crippen MR) is 62.6 cm³/mol. The molecule has 0 aliphatic rings. The van der Waals surface area contributed by atoms with Gasteiger partial charge in [-0.1, -0.05) is 20.8 Å². The normalized spacial score (nSPS) is 11.7. The Balaban J connectivity index is 2.36. The minimum Gasteiger partial charge on any atom is -0.394 e. The minimum absolute atomic E-state index is 0.0153. The molecule has 2 rings (SSSR count). The first-order chi connectivity index (χ1) is 7.47. The van der Waals surface area contributed by atoms with E-state index < -0.39 is 4.94 Å². The maximum Gasteiger partial charge on any atom is 0.414 e. The van der Waals surface area contributed by atoms with Gasteiger partial charge in [-0.3, -0.25) is 4.98 Å². The van der Waals surface area contributed by atoms with E-state index in [1.807, 2.05) is 12.1 Å². The quantitative estimate of drug-likeness (QED) is 0.763. The summed E-state index contributed by atoms with van der Waals surface area (Å²) < 4.78 is 8.81. The second-order valence-electron chi connectivity index (χ2n) is 4.52. The maximum atomic E-state index is 10.9. The van der Waals surface area contributed by atoms with Crippen LogP contribution in [0.5, 0.6) is 0 Å². The molecule has 0 aromatic carbocycles. The van der Waals surface area contributed by atoms with Gasteiger partial charge in [0, 0.05) is 17.3 Å². The molecule has 84 valence electrons. The van der Waals surface area contributed by atoms with Gasteiger partial charge in [-0.05, 0) is 12.1 Å². The zero-order chi connectivity index (χ0) is 11.8. The van der Waals surface area contributed by atoms with Crippen molar-refractivity contribution in [2.75, 3.05) is 0 Å². The van der Waals surface area contributed by atoms with Crippen molar-refractivity contribution in [3.8, 4) is 11.5 Å². The third-order valence-corrected chi connectivity index (χ3v) is 2.65. The molecule has 0 aliphatic carbocycles. The van der Waals surface area contributed by atoms with Crippen molar-refractivity contribution in [1.82, 2.24) is 9.36 Å². The van der Waals surface area contributed by atoms with Crippen molar-refractivity contribution in [2.24, 2.45) is 0 Å². The lowest BCUT2D eigenvalue weighted by Crippen LogP contribution is -2.12. The van der Waals surface area contributed by atoms with Crippen LogP contribution in [-0.2, 0) is 5.41 Å². The molecule has 2 aromatic rings. The Morgan fingerprint density at radius 3 is 2.50 bits per heavy atom. The van der Waals surface area contributed by atoms with Gasteiger partial charge in [-0.25, -0.2) is 4.79 Å². The summed E-state index contributed by atoms with van der Waals surface area (Å²) in [6.45, 7) is 6.29. The predicted octanol–water partition coefficient (Wildman–Crippen LogP) is 2.46. The van der Waals surface area contributed by atoms with Gasteiger partial charge >= 0.3 is 4.94 Å². The summed E-state index contributed by atoms with van der Waals surface area (Å²) in [5.74, 6) is 0.336. The van der Waals surface area contributed by atoms with Crippen LogP contribution in [-0.4, -0.2) is 9.36 Å². The highest BCUT2D eigenvalue weighted by Gasteiger charge is 2.15. The van der Waals surface area contributed by atoms with Crippen LogP contribution >= 0.6 is 11.5 Å². The molecule has 0 saturated heterocycles. The molecular formula is C11H12N2O2S. The van der Waals surface area contributed by atoms with Gasteiger partial charge in [0.25, 0.3) is 0 Å². The highest BCUT2D eigenvalue weighted by atomic mass is 32.1. The summed E-state index contributed by atoms with van der Waals surface area (Å²) in [7, 11) is 0. The number of pyridine rings is 1. The number of nitrogens with zero attached hydrogens (tertiary/aromatic N) is 2. The second-order valence-corrected chi connectivity index (χ2v) is 5.22. The number of hydrogen-bond donors (Lipinski definition) is 0. The summed E-state index contributed by atoms with van der Waals surface area (Å²) in [4.78, 5) is 14.8. The molecule has 0 radical (unpaired) electrons. The molecule has 0 atom stereocenters. The number of aromatic nitrogens is 2. The molecular weight excluding hydrogens is 224 g/mol. The highest BCUT2D eigenvalue weighted by Crippen LogP contribution is 2.22. The topological polar surface area (TPSA) is 56.0 Å². The van der Waals surface area contributed by atoms with Gasteiger partial charge in [0.05, 0.1) is 17.1 Å². The third-order valence-electron chi connectivity index (χ3n) is 2.16. The van der Waals surface area contributed by atoms with Crippen molar-refractivity contribution >= 4 is 11.5 Å². The van der Waals surface area contributed by atoms with Gasteiger partial charge in [-0.15, -0.1) is 4.37 Å². The summed E-state index contributed by atoms with van der Waals surface area (Å²) >= 11 is 0.809. The molecule has 0 bridgehead atoms. The molecule has 0 N–H and O–H groups in total. The van der Waals surface area contributed by atoms with Crippen LogP contribution in [0.2, 0.25) is 0 Å². The van der Waals surface area contributed by atoms with Crippen LogP contribution in [0.3, 0.4) is 0 Å². The van der Waals surface area contributed by atoms with E-state index in [2.05, 4.69) is 30.1 Å². The van der Waals surface area contributed by atoms with E-state index in [9.17, 15) is 4.79 Å². The van der Waals surface area contributed by atoms with Crippen LogP contribution in [0.4, 0.5) is 0 Å². The van der Waals surface area contributed by atoms with Crippen LogP contribution in [0, 0.1) is 0 Å². The van der Waals surface area contributed by atoms with Crippen LogP contribution in [0.25, 0.3) is 11.5 Å². The molecule has 0 saturated carbocycles. The van der Waals surface area contributed by atoms with E-state index in [0.29, 0.717) is 5.89 Å². The number of hydrogen-bond acceptors (Lipinski definition) is 5. The summed E-state index contributed by atoms with van der Waals surface area (Å²) in [6.07, 6.45) is 1.68. The number of rotatable bonds is 1. The monoisotopic (exact) mass is 236 g/mol. The molecule has 4 nitrogen and oxygen atoms in total. The standard InChI is InChI=1S/C11H12N2O2S/c1-11(2,3)8-5-4-7(6-12-8)9-13-16-10(14)15-9/h4-6H,1-3H3. The van der Waals surface area contributed by atoms with Crippen molar-refractivity contribution in [2.45, 2.75) is 26.2 Å². The second kappa shape index (κ2) is 3.83. The SMILES string of the molecule is CC(C)(C)c1ccc(-c2nsc(=O)o2)cn1. The van der Waals surface area contributed by atoms with Crippen LogP contribution < -0.4 is 4.94 Å². The lowest BCUT2D eigenvalue weighted by molar-refractivity contribution is 0.541. The fourth-order valence-corrected chi connectivity index (χ4v) is 1.69. The van der Waals surface area contributed by atoms with Gasteiger partial charge in [0.1, 0.15) is 0 Å². The molecule has 2 aromatic heterocycles. The zero-order valence-corrected chi connectivity index (χ0v) is 10.2. The third kappa shape index (κ3) is 2.19. The highest BCUT2D eigenvalue weighted by molar-refractivity contribution is 7.02. The first kappa shape index (κ1) is 11.0. The van der Waals surface area contributed by atoms with Gasteiger partial charge in [-0.2, -0.15) is 0 Å².